The molecule has 17 heavy (non-hydrogen) atoms. The average molecular weight is 309 g/mol. The average Bonchev–Trinajstić information content (AvgIpc) is 2.67. The summed E-state index contributed by atoms with van der Waals surface area (Å²) in [7, 11) is 0. The van der Waals surface area contributed by atoms with Crippen molar-refractivity contribution >= 4 is 36.6 Å². The van der Waals surface area contributed by atoms with Crippen LogP contribution in [0.1, 0.15) is 0 Å². The van der Waals surface area contributed by atoms with Gasteiger partial charge in [0, 0.05) is 0 Å². The van der Waals surface area contributed by atoms with E-state index in [4.69, 9.17) is 12.2 Å². The molecule has 3 aromatic rings. The van der Waals surface area contributed by atoms with Crippen LogP contribution in [0.3, 0.4) is 0 Å². The van der Waals surface area contributed by atoms with Gasteiger partial charge in [0.05, 0.1) is 0 Å². The Hall–Kier alpha value is -1.29. The molecule has 0 spiro atoms. The van der Waals surface area contributed by atoms with E-state index < -0.39 is 0 Å². The van der Waals surface area contributed by atoms with Crippen molar-refractivity contribution in [2.45, 2.75) is 0 Å². The van der Waals surface area contributed by atoms with Crippen LogP contribution in [0.5, 0.6) is 0 Å². The number of fused-ring (bicyclic) bond motifs is 1. The first-order valence-electron chi connectivity index (χ1n) is 4.99. The van der Waals surface area contributed by atoms with E-state index in [1.807, 2.05) is 21.8 Å². The molecule has 0 unspecified atom stereocenters. The van der Waals surface area contributed by atoms with Crippen molar-refractivity contribution in [3.63, 3.8) is 0 Å². The molecule has 0 radical (unpaired) electrons. The van der Waals surface area contributed by atoms with E-state index in [-0.39, 0.29) is 20.5 Å². The summed E-state index contributed by atoms with van der Waals surface area (Å²) in [5, 5.41) is 0.951. The molecule has 5 heteroatoms. The minimum absolute atomic E-state index is 0.0249. The summed E-state index contributed by atoms with van der Waals surface area (Å²) in [6.45, 7) is 0. The Morgan fingerprint density at radius 3 is 2.88 bits per heavy atom. The van der Waals surface area contributed by atoms with E-state index >= 15 is 0 Å². The number of benzene rings is 1. The Morgan fingerprint density at radius 1 is 1.24 bits per heavy atom. The number of hydrogen-bond acceptors (Lipinski definition) is 2. The molecule has 0 N–H and O–H groups in total. The third-order valence-corrected chi connectivity index (χ3v) is 5.35. The zero-order valence-corrected chi connectivity index (χ0v) is 11.2. The van der Waals surface area contributed by atoms with Crippen molar-refractivity contribution in [3.8, 4) is 5.82 Å². The van der Waals surface area contributed by atoms with Gasteiger partial charge in [-0.05, 0) is 0 Å². The van der Waals surface area contributed by atoms with Gasteiger partial charge >= 0.3 is 108 Å². The summed E-state index contributed by atoms with van der Waals surface area (Å²) in [5.74, 6) is 0.616. The standard InChI is InChI=1S/C12H7FN2SSe/c13-8-4-5-9-10(7-8)17-15(12(9)16)11-3-1-2-6-14-11/h1-7H. The zero-order valence-electron chi connectivity index (χ0n) is 8.63. The Bertz CT molecular complexity index is 733. The zero-order chi connectivity index (χ0) is 11.8. The molecule has 0 aliphatic carbocycles. The summed E-state index contributed by atoms with van der Waals surface area (Å²) < 4.78 is 16.8. The predicted molar refractivity (Wildman–Crippen MR) is 68.8 cm³/mol. The van der Waals surface area contributed by atoms with Crippen molar-refractivity contribution in [2.75, 3.05) is 0 Å². The van der Waals surface area contributed by atoms with Crippen LogP contribution in [0.2, 0.25) is 0 Å². The van der Waals surface area contributed by atoms with Crippen molar-refractivity contribution < 1.29 is 4.39 Å². The third-order valence-electron chi connectivity index (χ3n) is 2.41. The third kappa shape index (κ3) is 1.86. The van der Waals surface area contributed by atoms with Crippen LogP contribution in [-0.2, 0) is 0 Å². The summed E-state index contributed by atoms with van der Waals surface area (Å²) in [6.07, 6.45) is 1.73. The van der Waals surface area contributed by atoms with Gasteiger partial charge in [-0.25, -0.2) is 0 Å². The van der Waals surface area contributed by atoms with Crippen molar-refractivity contribution in [1.82, 2.24) is 8.55 Å². The molecule has 0 saturated heterocycles. The second kappa shape index (κ2) is 4.18. The monoisotopic (exact) mass is 310 g/mol. The fraction of sp³-hybridized carbons (Fsp3) is 0. The molecule has 0 saturated carbocycles. The first-order chi connectivity index (χ1) is 8.25. The molecular weight excluding hydrogens is 302 g/mol. The summed E-state index contributed by atoms with van der Waals surface area (Å²) in [5.41, 5.74) is 0. The first-order valence-corrected chi connectivity index (χ1v) is 7.02. The molecule has 0 amide bonds. The van der Waals surface area contributed by atoms with Gasteiger partial charge in [-0.2, -0.15) is 0 Å². The van der Waals surface area contributed by atoms with Crippen LogP contribution >= 0.6 is 12.2 Å². The van der Waals surface area contributed by atoms with Gasteiger partial charge in [0.25, 0.3) is 0 Å². The van der Waals surface area contributed by atoms with Crippen LogP contribution in [0.15, 0.2) is 42.6 Å². The van der Waals surface area contributed by atoms with E-state index in [1.165, 1.54) is 6.07 Å². The van der Waals surface area contributed by atoms with Crippen LogP contribution in [0.4, 0.5) is 4.39 Å². The van der Waals surface area contributed by atoms with E-state index in [9.17, 15) is 4.39 Å². The summed E-state index contributed by atoms with van der Waals surface area (Å²) in [6, 6.07) is 10.5. The van der Waals surface area contributed by atoms with Gasteiger partial charge < -0.3 is 0 Å². The van der Waals surface area contributed by atoms with Crippen LogP contribution in [-0.4, -0.2) is 23.3 Å². The van der Waals surface area contributed by atoms with Crippen molar-refractivity contribution in [3.05, 3.63) is 53.1 Å². The molecular formula is C12H7FN2SSe. The van der Waals surface area contributed by atoms with Gasteiger partial charge in [0.2, 0.25) is 0 Å². The van der Waals surface area contributed by atoms with E-state index in [0.717, 1.165) is 20.1 Å². The second-order valence-corrected chi connectivity index (χ2v) is 5.98. The van der Waals surface area contributed by atoms with Crippen LogP contribution in [0, 0.1) is 10.5 Å². The van der Waals surface area contributed by atoms with Gasteiger partial charge in [0.15, 0.2) is 0 Å². The maximum absolute atomic E-state index is 13.2. The number of rotatable bonds is 1. The van der Waals surface area contributed by atoms with E-state index in [1.54, 1.807) is 18.3 Å². The maximum atomic E-state index is 13.2. The second-order valence-electron chi connectivity index (χ2n) is 3.52. The molecule has 2 aromatic heterocycles. The fourth-order valence-electron chi connectivity index (χ4n) is 1.62. The number of aromatic nitrogens is 2. The first kappa shape index (κ1) is 10.8. The quantitative estimate of drug-likeness (QED) is 0.508. The molecule has 0 aliphatic rings. The Kier molecular flexibility index (Phi) is 2.67. The van der Waals surface area contributed by atoms with Crippen molar-refractivity contribution in [1.29, 1.82) is 0 Å². The van der Waals surface area contributed by atoms with Gasteiger partial charge in [-0.15, -0.1) is 0 Å². The van der Waals surface area contributed by atoms with Crippen LogP contribution in [0.25, 0.3) is 15.5 Å². The number of halogens is 1. The number of hydrogen-bond donors (Lipinski definition) is 0. The molecule has 0 fully saturated rings. The predicted octanol–water partition coefficient (Wildman–Crippen LogP) is 2.95. The molecule has 84 valence electrons. The Morgan fingerprint density at radius 2 is 2.12 bits per heavy atom. The van der Waals surface area contributed by atoms with Crippen LogP contribution < -0.4 is 0 Å². The fourth-order valence-corrected chi connectivity index (χ4v) is 4.35. The number of nitrogens with zero attached hydrogens (tertiary/aromatic N) is 2. The van der Waals surface area contributed by atoms with E-state index in [0.29, 0.717) is 0 Å². The molecule has 0 bridgehead atoms. The molecule has 0 aliphatic heterocycles. The molecule has 2 heterocycles. The Balaban J connectivity index is 2.32. The molecule has 0 atom stereocenters. The van der Waals surface area contributed by atoms with E-state index in [2.05, 4.69) is 4.98 Å². The van der Waals surface area contributed by atoms with Gasteiger partial charge in [-0.3, -0.25) is 0 Å². The molecule has 3 rings (SSSR count). The van der Waals surface area contributed by atoms with Gasteiger partial charge in [-0.1, -0.05) is 0 Å². The molecule has 2 nitrogen and oxygen atoms in total. The Labute approximate surface area is 108 Å². The van der Waals surface area contributed by atoms with Gasteiger partial charge in [0.1, 0.15) is 0 Å². The topological polar surface area (TPSA) is 17.8 Å². The summed E-state index contributed by atoms with van der Waals surface area (Å²) in [4.78, 5) is 4.28. The SMILES string of the molecule is Fc1ccc2c(=S)n(-c3ccccn3)[se]c2c1. The normalized spacial score (nSPS) is 10.9. The van der Waals surface area contributed by atoms with Crippen molar-refractivity contribution in [2.24, 2.45) is 0 Å². The minimum atomic E-state index is -0.212. The number of pyridine rings is 1. The molecule has 1 aromatic carbocycles. The summed E-state index contributed by atoms with van der Waals surface area (Å²) >= 11 is 5.37.